The first-order valence-corrected chi connectivity index (χ1v) is 15.8. The minimum atomic E-state index is -0.753. The Bertz CT molecular complexity index is 1210. The van der Waals surface area contributed by atoms with Gasteiger partial charge in [-0.3, -0.25) is 0 Å². The van der Waals surface area contributed by atoms with Crippen LogP contribution < -0.4 is 21.2 Å². The molecule has 0 amide bonds. The van der Waals surface area contributed by atoms with Gasteiger partial charge in [0.1, 0.15) is 6.10 Å². The van der Waals surface area contributed by atoms with Crippen LogP contribution in [0.15, 0.2) is 121 Å². The summed E-state index contributed by atoms with van der Waals surface area (Å²) in [7, 11) is -1.37. The maximum atomic E-state index is 6.82. The number of ether oxygens (including phenoxy) is 3. The Morgan fingerprint density at radius 2 is 1.03 bits per heavy atom. The summed E-state index contributed by atoms with van der Waals surface area (Å²) in [5.74, 6) is -0.656. The smallest absolute Gasteiger partial charge is 0.188 e. The number of hydrogen-bond acceptors (Lipinski definition) is 3. The zero-order valence-corrected chi connectivity index (χ0v) is 23.0. The lowest BCUT2D eigenvalue weighted by Gasteiger charge is -2.34. The molecule has 4 atom stereocenters. The molecule has 0 unspecified atom stereocenters. The van der Waals surface area contributed by atoms with E-state index in [1.54, 1.807) is 0 Å². The summed E-state index contributed by atoms with van der Waals surface area (Å²) >= 11 is 0. The molecule has 0 aromatic heterocycles. The minimum Gasteiger partial charge on any atom is -0.345 e. The van der Waals surface area contributed by atoms with Crippen molar-refractivity contribution in [1.29, 1.82) is 0 Å². The average molecular weight is 527 g/mol. The lowest BCUT2D eigenvalue weighted by Crippen LogP contribution is -2.40. The Balaban J connectivity index is 1.43. The van der Waals surface area contributed by atoms with E-state index in [0.717, 1.165) is 6.16 Å². The first-order valence-electron chi connectivity index (χ1n) is 12.9. The van der Waals surface area contributed by atoms with Crippen LogP contribution in [0.4, 0.5) is 0 Å². The molecule has 0 saturated carbocycles. The van der Waals surface area contributed by atoms with Crippen LogP contribution in [0.3, 0.4) is 0 Å². The molecule has 6 rings (SSSR count). The zero-order valence-electron chi connectivity index (χ0n) is 21.2. The van der Waals surface area contributed by atoms with Crippen molar-refractivity contribution in [2.75, 3.05) is 6.16 Å². The van der Waals surface area contributed by atoms with Crippen LogP contribution in [0.2, 0.25) is 0 Å². The Morgan fingerprint density at radius 3 is 1.49 bits per heavy atom. The van der Waals surface area contributed by atoms with Crippen molar-refractivity contribution in [1.82, 2.24) is 0 Å². The SMILES string of the molecule is CC1(C)O[C@H]2O[C@H](CP(c3ccccc3)c3ccccc3)[C@H](P(c3ccccc3)c3ccccc3)[C@H]2O1. The third-order valence-electron chi connectivity index (χ3n) is 6.98. The molecular weight excluding hydrogens is 494 g/mol. The second kappa shape index (κ2) is 10.8. The van der Waals surface area contributed by atoms with Gasteiger partial charge >= 0.3 is 0 Å². The van der Waals surface area contributed by atoms with Crippen LogP contribution in [0.5, 0.6) is 0 Å². The lowest BCUT2D eigenvalue weighted by molar-refractivity contribution is -0.201. The van der Waals surface area contributed by atoms with E-state index in [9.17, 15) is 0 Å². The van der Waals surface area contributed by atoms with Crippen molar-refractivity contribution in [2.24, 2.45) is 0 Å². The highest BCUT2D eigenvalue weighted by molar-refractivity contribution is 7.74. The van der Waals surface area contributed by atoms with Gasteiger partial charge in [0.15, 0.2) is 12.1 Å². The van der Waals surface area contributed by atoms with Gasteiger partial charge in [-0.15, -0.1) is 0 Å². The fourth-order valence-electron chi connectivity index (χ4n) is 5.45. The standard InChI is InChI=1S/C32H32O3P2/c1-32(2)34-29-30(37(26-19-11-5-12-20-26)27-21-13-6-14-22-27)28(33-31(29)35-32)23-36(24-15-7-3-8-16-24)25-17-9-4-10-18-25/h3-22,28-31H,23H2,1-2H3/t28-,29-,30+,31-/m1/s1. The first kappa shape index (κ1) is 24.9. The molecule has 188 valence electrons. The average Bonchev–Trinajstić information content (AvgIpc) is 3.41. The van der Waals surface area contributed by atoms with Crippen LogP contribution in [0, 0.1) is 0 Å². The van der Waals surface area contributed by atoms with E-state index in [0.29, 0.717) is 0 Å². The second-order valence-electron chi connectivity index (χ2n) is 9.96. The van der Waals surface area contributed by atoms with Gasteiger partial charge in [0.25, 0.3) is 0 Å². The molecule has 37 heavy (non-hydrogen) atoms. The Labute approximate surface area is 222 Å². The monoisotopic (exact) mass is 526 g/mol. The summed E-state index contributed by atoms with van der Waals surface area (Å²) in [6.07, 6.45) is 0.456. The third-order valence-corrected chi connectivity index (χ3v) is 12.5. The van der Waals surface area contributed by atoms with Gasteiger partial charge in [0, 0.05) is 11.8 Å². The van der Waals surface area contributed by atoms with E-state index >= 15 is 0 Å². The molecule has 3 nitrogen and oxygen atoms in total. The second-order valence-corrected chi connectivity index (χ2v) is 14.6. The molecule has 2 saturated heterocycles. The summed E-state index contributed by atoms with van der Waals surface area (Å²) in [6.45, 7) is 3.99. The molecule has 0 bridgehead atoms. The topological polar surface area (TPSA) is 27.7 Å². The maximum Gasteiger partial charge on any atom is 0.188 e. The lowest BCUT2D eigenvalue weighted by atomic mass is 10.2. The van der Waals surface area contributed by atoms with Gasteiger partial charge in [-0.1, -0.05) is 121 Å². The van der Waals surface area contributed by atoms with E-state index in [4.69, 9.17) is 14.2 Å². The summed E-state index contributed by atoms with van der Waals surface area (Å²) in [5, 5.41) is 5.43. The predicted octanol–water partition coefficient (Wildman–Crippen LogP) is 5.50. The fourth-order valence-corrected chi connectivity index (χ4v) is 11.0. The maximum absolute atomic E-state index is 6.82. The van der Waals surface area contributed by atoms with Crippen LogP contribution in [0.25, 0.3) is 0 Å². The van der Waals surface area contributed by atoms with Crippen LogP contribution >= 0.6 is 15.8 Å². The van der Waals surface area contributed by atoms with Crippen LogP contribution in [-0.4, -0.2) is 36.1 Å². The molecule has 2 heterocycles. The van der Waals surface area contributed by atoms with Gasteiger partial charge in [0.2, 0.25) is 0 Å². The molecule has 0 spiro atoms. The highest BCUT2D eigenvalue weighted by Gasteiger charge is 2.57. The normalized spacial score (nSPS) is 24.4. The quantitative estimate of drug-likeness (QED) is 0.298. The summed E-state index contributed by atoms with van der Waals surface area (Å²) < 4.78 is 19.7. The molecule has 0 N–H and O–H groups in total. The van der Waals surface area contributed by atoms with Gasteiger partial charge in [-0.05, 0) is 50.9 Å². The Kier molecular flexibility index (Phi) is 7.26. The third kappa shape index (κ3) is 5.30. The van der Waals surface area contributed by atoms with Crippen molar-refractivity contribution in [3.05, 3.63) is 121 Å². The highest BCUT2D eigenvalue weighted by atomic mass is 31.1. The first-order chi connectivity index (χ1) is 18.1. The molecule has 2 aliphatic heterocycles. The summed E-state index contributed by atoms with van der Waals surface area (Å²) in [5.41, 5.74) is 0.170. The van der Waals surface area contributed by atoms with E-state index < -0.39 is 21.6 Å². The van der Waals surface area contributed by atoms with E-state index in [1.807, 2.05) is 13.8 Å². The molecule has 5 heteroatoms. The van der Waals surface area contributed by atoms with Crippen LogP contribution in [0.1, 0.15) is 13.8 Å². The highest BCUT2D eigenvalue weighted by Crippen LogP contribution is 2.54. The number of hydrogen-bond donors (Lipinski definition) is 0. The van der Waals surface area contributed by atoms with Gasteiger partial charge in [-0.2, -0.15) is 0 Å². The van der Waals surface area contributed by atoms with E-state index in [1.165, 1.54) is 21.2 Å². The van der Waals surface area contributed by atoms with Gasteiger partial charge in [0.05, 0.1) is 6.10 Å². The predicted molar refractivity (Wildman–Crippen MR) is 155 cm³/mol. The molecular formula is C32H32O3P2. The largest absolute Gasteiger partial charge is 0.345 e. The number of fused-ring (bicyclic) bond motifs is 1. The minimum absolute atomic E-state index is 0.00384. The molecule has 4 aromatic rings. The molecule has 0 radical (unpaired) electrons. The van der Waals surface area contributed by atoms with Crippen LogP contribution in [-0.2, 0) is 14.2 Å². The van der Waals surface area contributed by atoms with E-state index in [-0.39, 0.29) is 24.2 Å². The molecule has 4 aromatic carbocycles. The zero-order chi connectivity index (χ0) is 25.2. The number of rotatable bonds is 7. The van der Waals surface area contributed by atoms with Crippen molar-refractivity contribution in [2.45, 2.75) is 43.8 Å². The Morgan fingerprint density at radius 1 is 0.595 bits per heavy atom. The van der Waals surface area contributed by atoms with Crippen molar-refractivity contribution >= 4 is 37.1 Å². The van der Waals surface area contributed by atoms with Crippen molar-refractivity contribution in [3.8, 4) is 0 Å². The fraction of sp³-hybridized carbons (Fsp3) is 0.250. The number of benzene rings is 4. The van der Waals surface area contributed by atoms with Gasteiger partial charge in [-0.25, -0.2) is 0 Å². The molecule has 2 fully saturated rings. The van der Waals surface area contributed by atoms with Gasteiger partial charge < -0.3 is 14.2 Å². The Hall–Kier alpha value is -2.38. The molecule has 2 aliphatic rings. The van der Waals surface area contributed by atoms with E-state index in [2.05, 4.69) is 121 Å². The van der Waals surface area contributed by atoms with Crippen molar-refractivity contribution in [3.63, 3.8) is 0 Å². The summed E-state index contributed by atoms with van der Waals surface area (Å²) in [4.78, 5) is 0. The summed E-state index contributed by atoms with van der Waals surface area (Å²) in [6, 6.07) is 43.6. The van der Waals surface area contributed by atoms with Crippen molar-refractivity contribution < 1.29 is 14.2 Å². The molecule has 0 aliphatic carbocycles.